The molecular formula is C24H34N4O7S. The van der Waals surface area contributed by atoms with Crippen molar-refractivity contribution in [3.63, 3.8) is 0 Å². The number of sulfonamides is 1. The first kappa shape index (κ1) is 26.5. The van der Waals surface area contributed by atoms with Crippen LogP contribution in [0, 0.1) is 0 Å². The van der Waals surface area contributed by atoms with E-state index in [0.717, 1.165) is 37.8 Å². The lowest BCUT2D eigenvalue weighted by Crippen LogP contribution is -2.37. The first-order valence-electron chi connectivity index (χ1n) is 12.3. The van der Waals surface area contributed by atoms with Crippen LogP contribution in [-0.2, 0) is 24.9 Å². The number of methoxy groups -OCH3 is 1. The van der Waals surface area contributed by atoms with E-state index in [2.05, 4.69) is 19.7 Å². The molecule has 2 fully saturated rings. The van der Waals surface area contributed by atoms with Crippen LogP contribution in [-0.4, -0.2) is 68.1 Å². The van der Waals surface area contributed by atoms with Crippen LogP contribution >= 0.6 is 0 Å². The van der Waals surface area contributed by atoms with Crippen LogP contribution in [0.4, 0.5) is 0 Å². The first-order valence-corrected chi connectivity index (χ1v) is 14.2. The maximum atomic E-state index is 12.1. The highest BCUT2D eigenvalue weighted by Gasteiger charge is 2.46. The van der Waals surface area contributed by atoms with Gasteiger partial charge in [-0.2, -0.15) is 4.98 Å². The number of carbonyl (C=O) groups excluding carboxylic acids is 1. The molecule has 0 unspecified atom stereocenters. The van der Waals surface area contributed by atoms with E-state index in [1.165, 1.54) is 6.26 Å². The average molecular weight is 523 g/mol. The summed E-state index contributed by atoms with van der Waals surface area (Å²) < 4.78 is 48.7. The first-order chi connectivity index (χ1) is 17.2. The molecule has 2 saturated carbocycles. The molecule has 2 heterocycles. The number of hydrogen-bond donors (Lipinski definition) is 1. The van der Waals surface area contributed by atoms with Crippen LogP contribution in [0.15, 0.2) is 22.9 Å². The molecule has 0 aliphatic heterocycles. The van der Waals surface area contributed by atoms with Crippen molar-refractivity contribution in [2.24, 2.45) is 0 Å². The van der Waals surface area contributed by atoms with E-state index in [0.29, 0.717) is 37.6 Å². The molecule has 12 heteroatoms. The summed E-state index contributed by atoms with van der Waals surface area (Å²) >= 11 is 0. The number of esters is 1. The highest BCUT2D eigenvalue weighted by molar-refractivity contribution is 7.88. The molecule has 11 nitrogen and oxygen atoms in total. The zero-order chi connectivity index (χ0) is 25.8. The van der Waals surface area contributed by atoms with Gasteiger partial charge in [0.2, 0.25) is 21.8 Å². The minimum absolute atomic E-state index is 0.0464. The van der Waals surface area contributed by atoms with Gasteiger partial charge < -0.3 is 18.6 Å². The number of carbonyl (C=O) groups is 1. The van der Waals surface area contributed by atoms with Gasteiger partial charge in [-0.15, -0.1) is 0 Å². The summed E-state index contributed by atoms with van der Waals surface area (Å²) in [6.45, 7) is 2.28. The molecule has 2 atom stereocenters. The number of aromatic nitrogens is 3. The van der Waals surface area contributed by atoms with Crippen LogP contribution in [0.3, 0.4) is 0 Å². The minimum atomic E-state index is -3.37. The third kappa shape index (κ3) is 6.40. The molecular weight excluding hydrogens is 488 g/mol. The van der Waals surface area contributed by atoms with Gasteiger partial charge in [-0.25, -0.2) is 27.9 Å². The molecule has 1 N–H and O–H groups in total. The second-order valence-corrected chi connectivity index (χ2v) is 11.4. The van der Waals surface area contributed by atoms with Crippen LogP contribution in [0.25, 0.3) is 0 Å². The Labute approximate surface area is 211 Å². The summed E-state index contributed by atoms with van der Waals surface area (Å²) in [5.74, 6) is 1.43. The van der Waals surface area contributed by atoms with E-state index in [1.54, 1.807) is 26.3 Å². The second kappa shape index (κ2) is 11.2. The predicted octanol–water partition coefficient (Wildman–Crippen LogP) is 2.73. The third-order valence-corrected chi connectivity index (χ3v) is 7.69. The minimum Gasteiger partial charge on any atom is -0.481 e. The highest BCUT2D eigenvalue weighted by atomic mass is 32.2. The highest BCUT2D eigenvalue weighted by Crippen LogP contribution is 2.43. The summed E-state index contributed by atoms with van der Waals surface area (Å²) in [6.07, 6.45) is 9.42. The fourth-order valence-corrected chi connectivity index (χ4v) is 5.97. The van der Waals surface area contributed by atoms with Crippen LogP contribution in [0.1, 0.15) is 80.0 Å². The molecule has 2 aliphatic rings. The van der Waals surface area contributed by atoms with Crippen molar-refractivity contribution < 1.29 is 31.8 Å². The van der Waals surface area contributed by atoms with Crippen molar-refractivity contribution in [1.29, 1.82) is 0 Å². The number of rotatable bonds is 10. The van der Waals surface area contributed by atoms with Gasteiger partial charge in [0.1, 0.15) is 12.1 Å². The van der Waals surface area contributed by atoms with Crippen molar-refractivity contribution in [3.8, 4) is 5.88 Å². The summed E-state index contributed by atoms with van der Waals surface area (Å²) in [4.78, 5) is 25.5. The molecule has 0 bridgehead atoms. The van der Waals surface area contributed by atoms with Gasteiger partial charge in [-0.05, 0) is 51.9 Å². The molecule has 2 aliphatic carbocycles. The van der Waals surface area contributed by atoms with Gasteiger partial charge in [0.05, 0.1) is 38.1 Å². The van der Waals surface area contributed by atoms with Gasteiger partial charge in [-0.1, -0.05) is 0 Å². The number of nitrogens with one attached hydrogen (secondary N) is 1. The Morgan fingerprint density at radius 2 is 2.00 bits per heavy atom. The predicted molar refractivity (Wildman–Crippen MR) is 129 cm³/mol. The standard InChI is InChI=1S/C24H34N4O7S/c1-4-33-22(29)19-14-34-23(26-19)24(11-9-17(13-24)28-36(3,30)31)15-35-18-7-5-16(6-8-18)21-25-12-10-20(27-21)32-2/h10,12,14,16-18,28H,4-9,11,13,15H2,1-3H3/t16-,17-,18+,24-/m0/s1. The number of hydrogen-bond acceptors (Lipinski definition) is 10. The molecule has 0 radical (unpaired) electrons. The maximum Gasteiger partial charge on any atom is 0.360 e. The Balaban J connectivity index is 1.43. The average Bonchev–Trinajstić information content (AvgIpc) is 3.51. The Hall–Kier alpha value is -2.57. The zero-order valence-electron chi connectivity index (χ0n) is 20.9. The molecule has 0 amide bonds. The molecule has 2 aromatic heterocycles. The topological polar surface area (TPSA) is 143 Å². The number of nitrogens with zero attached hydrogens (tertiary/aromatic N) is 3. The van der Waals surface area contributed by atoms with Gasteiger partial charge in [0.15, 0.2) is 5.69 Å². The summed E-state index contributed by atoms with van der Waals surface area (Å²) in [5.41, 5.74) is -0.538. The number of oxazole rings is 1. The summed E-state index contributed by atoms with van der Waals surface area (Å²) in [6, 6.07) is 1.48. The van der Waals surface area contributed by atoms with Crippen LogP contribution < -0.4 is 9.46 Å². The maximum absolute atomic E-state index is 12.1. The Morgan fingerprint density at radius 1 is 1.22 bits per heavy atom. The van der Waals surface area contributed by atoms with Gasteiger partial charge in [0, 0.05) is 24.2 Å². The van der Waals surface area contributed by atoms with Crippen molar-refractivity contribution in [2.75, 3.05) is 26.6 Å². The Bertz CT molecular complexity index is 1150. The molecule has 0 saturated heterocycles. The van der Waals surface area contributed by atoms with E-state index in [1.807, 2.05) is 0 Å². The molecule has 0 aromatic carbocycles. The van der Waals surface area contributed by atoms with Crippen molar-refractivity contribution in [2.45, 2.75) is 75.3 Å². The Kier molecular flexibility index (Phi) is 8.26. The van der Waals surface area contributed by atoms with Crippen molar-refractivity contribution in [1.82, 2.24) is 19.7 Å². The largest absolute Gasteiger partial charge is 0.481 e. The molecule has 36 heavy (non-hydrogen) atoms. The van der Waals surface area contributed by atoms with Gasteiger partial charge >= 0.3 is 5.97 Å². The monoisotopic (exact) mass is 522 g/mol. The van der Waals surface area contributed by atoms with Crippen LogP contribution in [0.5, 0.6) is 5.88 Å². The van der Waals surface area contributed by atoms with Gasteiger partial charge in [0.25, 0.3) is 0 Å². The lowest BCUT2D eigenvalue weighted by atomic mass is 9.85. The van der Waals surface area contributed by atoms with Crippen LogP contribution in [0.2, 0.25) is 0 Å². The van der Waals surface area contributed by atoms with E-state index < -0.39 is 21.4 Å². The SMILES string of the molecule is CCOC(=O)c1coc([C@@]2(CO[C@H]3CC[C@@H](c4nccc(OC)n4)CC3)CC[C@H](NS(C)(=O)=O)C2)n1. The summed E-state index contributed by atoms with van der Waals surface area (Å²) in [5, 5.41) is 0. The molecule has 2 aromatic rings. The third-order valence-electron chi connectivity index (χ3n) is 6.92. The van der Waals surface area contributed by atoms with E-state index in [-0.39, 0.29) is 30.4 Å². The van der Waals surface area contributed by atoms with Gasteiger partial charge in [-0.3, -0.25) is 0 Å². The summed E-state index contributed by atoms with van der Waals surface area (Å²) in [7, 11) is -1.77. The normalized spacial score (nSPS) is 26.6. The smallest absolute Gasteiger partial charge is 0.360 e. The fourth-order valence-electron chi connectivity index (χ4n) is 5.16. The quantitative estimate of drug-likeness (QED) is 0.463. The van der Waals surface area contributed by atoms with Crippen molar-refractivity contribution in [3.05, 3.63) is 35.9 Å². The Morgan fingerprint density at radius 3 is 2.69 bits per heavy atom. The molecule has 198 valence electrons. The number of ether oxygens (including phenoxy) is 3. The zero-order valence-corrected chi connectivity index (χ0v) is 21.8. The van der Waals surface area contributed by atoms with E-state index in [4.69, 9.17) is 18.6 Å². The fraction of sp³-hybridized carbons (Fsp3) is 0.667. The second-order valence-electron chi connectivity index (χ2n) is 9.61. The lowest BCUT2D eigenvalue weighted by molar-refractivity contribution is -0.0104. The lowest BCUT2D eigenvalue weighted by Gasteiger charge is -2.32. The van der Waals surface area contributed by atoms with E-state index in [9.17, 15) is 13.2 Å². The van der Waals surface area contributed by atoms with Crippen molar-refractivity contribution >= 4 is 16.0 Å². The van der Waals surface area contributed by atoms with E-state index >= 15 is 0 Å². The molecule has 0 spiro atoms. The molecule has 4 rings (SSSR count).